The van der Waals surface area contributed by atoms with Gasteiger partial charge in [-0.2, -0.15) is 12.8 Å². The number of nitrogens with zero attached hydrogens (tertiary/aromatic N) is 2. The molecule has 7 nitrogen and oxygen atoms in total. The Morgan fingerprint density at radius 2 is 1.90 bits per heavy atom. The molecule has 4 fully saturated rings. The van der Waals surface area contributed by atoms with Crippen LogP contribution in [0.1, 0.15) is 43.6 Å². The van der Waals surface area contributed by atoms with E-state index in [1.165, 1.54) is 0 Å². The van der Waals surface area contributed by atoms with Crippen molar-refractivity contribution in [3.8, 4) is 0 Å². The highest BCUT2D eigenvalue weighted by Crippen LogP contribution is 2.58. The van der Waals surface area contributed by atoms with E-state index >= 15 is 0 Å². The molecule has 5 rings (SSSR count). The zero-order valence-electron chi connectivity index (χ0n) is 17.9. The van der Waals surface area contributed by atoms with Crippen molar-refractivity contribution < 1.29 is 17.9 Å². The van der Waals surface area contributed by atoms with E-state index in [1.54, 1.807) is 19.1 Å². The monoisotopic (exact) mass is 463 g/mol. The Morgan fingerprint density at radius 3 is 2.45 bits per heavy atom. The van der Waals surface area contributed by atoms with Crippen molar-refractivity contribution in [3.63, 3.8) is 0 Å². The molecule has 9 heteroatoms. The fraction of sp³-hybridized carbons (Fsp3) is 0.636. The zero-order valence-corrected chi connectivity index (χ0v) is 19.5. The molecule has 31 heavy (non-hydrogen) atoms. The van der Waals surface area contributed by atoms with Crippen molar-refractivity contribution in [1.29, 1.82) is 0 Å². The molecule has 1 aromatic carbocycles. The molecule has 4 aliphatic carbocycles. The first-order valence-electron chi connectivity index (χ1n) is 10.8. The maximum atomic E-state index is 14.0. The standard InChI is InChI=1S/C22H29N3O4S2/c1-23-21(30)25(20(26)18(13-24-31(27)28)15-6-4-3-5-7-15)22-10-14-8-16(11-22)19(29-2)17(9-14)12-22/h3-7,14,16-19H,8-13H2,1-2H3,(H,23,30). The van der Waals surface area contributed by atoms with E-state index < -0.39 is 16.4 Å². The van der Waals surface area contributed by atoms with Crippen LogP contribution in [-0.4, -0.2) is 56.7 Å². The van der Waals surface area contributed by atoms with Gasteiger partial charge in [-0.25, -0.2) is 0 Å². The van der Waals surface area contributed by atoms with Crippen molar-refractivity contribution in [3.05, 3.63) is 35.9 Å². The van der Waals surface area contributed by atoms with Crippen LogP contribution in [0.2, 0.25) is 0 Å². The van der Waals surface area contributed by atoms with Crippen LogP contribution in [0.15, 0.2) is 34.7 Å². The maximum Gasteiger partial charge on any atom is 0.311 e. The third kappa shape index (κ3) is 4.15. The Bertz CT molecular complexity index is 958. The molecule has 4 bridgehead atoms. The molecule has 3 unspecified atom stereocenters. The number of carbonyl (C=O) groups excluding carboxylic acids is 1. The van der Waals surface area contributed by atoms with Crippen LogP contribution >= 0.6 is 12.2 Å². The normalized spacial score (nSPS) is 31.7. The van der Waals surface area contributed by atoms with E-state index in [1.807, 2.05) is 30.3 Å². The van der Waals surface area contributed by atoms with E-state index in [-0.39, 0.29) is 24.1 Å². The first-order valence-corrected chi connectivity index (χ1v) is 12.2. The number of rotatable bonds is 6. The number of ether oxygens (including phenoxy) is 1. The van der Waals surface area contributed by atoms with Crippen molar-refractivity contribution in [2.24, 2.45) is 22.1 Å². The van der Waals surface area contributed by atoms with E-state index in [0.717, 1.165) is 37.7 Å². The minimum absolute atomic E-state index is 0.130. The highest BCUT2D eigenvalue weighted by Gasteiger charge is 2.59. The predicted octanol–water partition coefficient (Wildman–Crippen LogP) is 2.76. The second kappa shape index (κ2) is 8.96. The van der Waals surface area contributed by atoms with Crippen LogP contribution in [0.5, 0.6) is 0 Å². The summed E-state index contributed by atoms with van der Waals surface area (Å²) < 4.78 is 31.8. The molecule has 0 saturated heterocycles. The van der Waals surface area contributed by atoms with Gasteiger partial charge in [0.05, 0.1) is 24.1 Å². The largest absolute Gasteiger partial charge is 0.381 e. The van der Waals surface area contributed by atoms with Gasteiger partial charge in [0, 0.05) is 14.2 Å². The van der Waals surface area contributed by atoms with Gasteiger partial charge in [0.2, 0.25) is 5.91 Å². The third-order valence-electron chi connectivity index (χ3n) is 7.40. The molecule has 0 radical (unpaired) electrons. The number of methoxy groups -OCH3 is 1. The van der Waals surface area contributed by atoms with Gasteiger partial charge in [0.25, 0.3) is 0 Å². The number of carbonyl (C=O) groups is 1. The minimum Gasteiger partial charge on any atom is -0.381 e. The zero-order chi connectivity index (χ0) is 22.2. The van der Waals surface area contributed by atoms with E-state index in [4.69, 9.17) is 17.0 Å². The van der Waals surface area contributed by atoms with Crippen LogP contribution in [0, 0.1) is 17.8 Å². The molecule has 0 aliphatic heterocycles. The number of nitrogens with one attached hydrogen (secondary N) is 1. The molecule has 1 N–H and O–H groups in total. The molecule has 4 aliphatic rings. The van der Waals surface area contributed by atoms with Crippen LogP contribution in [-0.2, 0) is 20.0 Å². The van der Waals surface area contributed by atoms with Crippen molar-refractivity contribution in [2.75, 3.05) is 20.7 Å². The predicted molar refractivity (Wildman–Crippen MR) is 121 cm³/mol. The Labute approximate surface area is 190 Å². The SMILES string of the molecule is CNC(=S)N(C(=O)C(CN=S(=O)=O)c1ccccc1)C12CC3CC(C1)C(OC)C(C3)C2. The topological polar surface area (TPSA) is 88.1 Å². The van der Waals surface area contributed by atoms with Crippen molar-refractivity contribution in [1.82, 2.24) is 10.2 Å². The lowest BCUT2D eigenvalue weighted by Gasteiger charge is -2.62. The van der Waals surface area contributed by atoms with Gasteiger partial charge in [-0.1, -0.05) is 30.3 Å². The molecule has 168 valence electrons. The summed E-state index contributed by atoms with van der Waals surface area (Å²) in [6.45, 7) is -0.130. The second-order valence-corrected chi connectivity index (χ2v) is 10.2. The highest BCUT2D eigenvalue weighted by molar-refractivity contribution is 7.80. The van der Waals surface area contributed by atoms with Gasteiger partial charge < -0.3 is 10.1 Å². The Hall–Kier alpha value is -1.84. The number of benzene rings is 1. The Balaban J connectivity index is 1.73. The van der Waals surface area contributed by atoms with Gasteiger partial charge in [-0.05, 0) is 67.6 Å². The van der Waals surface area contributed by atoms with Gasteiger partial charge in [-0.15, -0.1) is 0 Å². The van der Waals surface area contributed by atoms with Gasteiger partial charge in [0.1, 0.15) is 0 Å². The van der Waals surface area contributed by atoms with Crippen LogP contribution in [0.4, 0.5) is 0 Å². The summed E-state index contributed by atoms with van der Waals surface area (Å²) in [4.78, 5) is 15.8. The average Bonchev–Trinajstić information content (AvgIpc) is 2.73. The van der Waals surface area contributed by atoms with Crippen molar-refractivity contribution >= 4 is 33.7 Å². The van der Waals surface area contributed by atoms with Gasteiger partial charge in [0.15, 0.2) is 5.11 Å². The summed E-state index contributed by atoms with van der Waals surface area (Å²) in [5.41, 5.74) is 0.386. The lowest BCUT2D eigenvalue weighted by molar-refractivity contribution is -0.163. The lowest BCUT2D eigenvalue weighted by Crippen LogP contribution is -2.68. The first kappa shape index (κ1) is 22.4. The van der Waals surface area contributed by atoms with Crippen LogP contribution in [0.25, 0.3) is 0 Å². The third-order valence-corrected chi connectivity index (χ3v) is 8.15. The molecule has 0 spiro atoms. The fourth-order valence-corrected chi connectivity index (χ4v) is 7.11. The second-order valence-electron chi connectivity index (χ2n) is 9.12. The average molecular weight is 464 g/mol. The van der Waals surface area contributed by atoms with E-state index in [0.29, 0.717) is 22.9 Å². The van der Waals surface area contributed by atoms with Gasteiger partial charge in [-0.3, -0.25) is 9.69 Å². The van der Waals surface area contributed by atoms with Crippen LogP contribution in [0.3, 0.4) is 0 Å². The molecule has 4 saturated carbocycles. The van der Waals surface area contributed by atoms with Gasteiger partial charge >= 0.3 is 10.5 Å². The highest BCUT2D eigenvalue weighted by atomic mass is 32.2. The fourth-order valence-electron chi connectivity index (χ4n) is 6.56. The molecule has 0 aromatic heterocycles. The summed E-state index contributed by atoms with van der Waals surface area (Å²) in [7, 11) is 0.941. The molecule has 1 amide bonds. The maximum absolute atomic E-state index is 14.0. The molecular formula is C22H29N3O4S2. The minimum atomic E-state index is -2.58. The summed E-state index contributed by atoms with van der Waals surface area (Å²) in [5, 5.41) is 3.41. The smallest absolute Gasteiger partial charge is 0.311 e. The number of hydrogen-bond donors (Lipinski definition) is 1. The molecule has 3 atom stereocenters. The lowest BCUT2D eigenvalue weighted by atomic mass is 9.51. The molecular weight excluding hydrogens is 434 g/mol. The Morgan fingerprint density at radius 1 is 1.26 bits per heavy atom. The summed E-state index contributed by atoms with van der Waals surface area (Å²) >= 11 is 5.66. The first-order chi connectivity index (χ1) is 14.9. The quantitative estimate of drug-likeness (QED) is 0.653. The van der Waals surface area contributed by atoms with Crippen LogP contribution < -0.4 is 5.32 Å². The Kier molecular flexibility index (Phi) is 6.46. The summed E-state index contributed by atoms with van der Waals surface area (Å²) in [6.07, 6.45) is 5.16. The number of hydrogen-bond acceptors (Lipinski definition) is 6. The van der Waals surface area contributed by atoms with Crippen molar-refractivity contribution in [2.45, 2.75) is 49.7 Å². The molecule has 0 heterocycles. The van der Waals surface area contributed by atoms with E-state index in [2.05, 4.69) is 9.68 Å². The number of thiocarbonyl (C=S) groups is 1. The number of amides is 1. The van der Waals surface area contributed by atoms with E-state index in [9.17, 15) is 13.2 Å². The molecule has 1 aromatic rings. The summed E-state index contributed by atoms with van der Waals surface area (Å²) in [6, 6.07) is 9.24. The summed E-state index contributed by atoms with van der Waals surface area (Å²) in [5.74, 6) is 0.501.